The number of halogens is 1. The Morgan fingerprint density at radius 2 is 1.95 bits per heavy atom. The minimum absolute atomic E-state index is 0.0746. The average Bonchev–Trinajstić information content (AvgIpc) is 2.80. The first-order valence-corrected chi connectivity index (χ1v) is 7.32. The molecule has 3 aliphatic rings. The van der Waals surface area contributed by atoms with Gasteiger partial charge in [0.1, 0.15) is 5.75 Å². The lowest BCUT2D eigenvalue weighted by molar-refractivity contribution is 0.0944. The monoisotopic (exact) mass is 277 g/mol. The first kappa shape index (κ1) is 11.6. The molecule has 3 fully saturated rings. The zero-order chi connectivity index (χ0) is 13.1. The molecule has 4 unspecified atom stereocenters. The van der Waals surface area contributed by atoms with Crippen molar-refractivity contribution in [1.29, 1.82) is 0 Å². The van der Waals surface area contributed by atoms with Gasteiger partial charge in [-0.05, 0) is 61.1 Å². The molecule has 19 heavy (non-hydrogen) atoms. The lowest BCUT2D eigenvalue weighted by atomic mass is 10.0. The van der Waals surface area contributed by atoms with Crippen LogP contribution >= 0.6 is 11.6 Å². The van der Waals surface area contributed by atoms with Gasteiger partial charge in [-0.3, -0.25) is 4.79 Å². The predicted octanol–water partition coefficient (Wildman–Crippen LogP) is 2.82. The van der Waals surface area contributed by atoms with E-state index in [1.165, 1.54) is 31.4 Å². The average molecular weight is 278 g/mol. The number of aromatic hydroxyl groups is 1. The Morgan fingerprint density at radius 1 is 1.26 bits per heavy atom. The summed E-state index contributed by atoms with van der Waals surface area (Å²) in [5.41, 5.74) is 0.374. The van der Waals surface area contributed by atoms with Gasteiger partial charge in [0.05, 0.1) is 10.6 Å². The van der Waals surface area contributed by atoms with Gasteiger partial charge in [0.25, 0.3) is 5.91 Å². The van der Waals surface area contributed by atoms with Crippen molar-refractivity contribution in [2.24, 2.45) is 23.7 Å². The van der Waals surface area contributed by atoms with E-state index in [9.17, 15) is 9.90 Å². The van der Waals surface area contributed by atoms with Gasteiger partial charge < -0.3 is 10.4 Å². The Hall–Kier alpha value is -1.22. The van der Waals surface area contributed by atoms with Gasteiger partial charge >= 0.3 is 0 Å². The van der Waals surface area contributed by atoms with E-state index in [1.54, 1.807) is 6.07 Å². The standard InChI is InChI=1S/C15H16ClNO2/c16-11-4-3-9(18)6-10(11)15(19)17-14-12-7-1-2-8(5-7)13(12)14/h3-4,6-8,12-14,18H,1-2,5H2,(H,17,19). The van der Waals surface area contributed by atoms with Crippen LogP contribution in [-0.2, 0) is 0 Å². The Morgan fingerprint density at radius 3 is 2.63 bits per heavy atom. The van der Waals surface area contributed by atoms with E-state index in [1.807, 2.05) is 0 Å². The topological polar surface area (TPSA) is 49.3 Å². The van der Waals surface area contributed by atoms with Crippen LogP contribution in [0.3, 0.4) is 0 Å². The fourth-order valence-electron chi connectivity index (χ4n) is 4.43. The van der Waals surface area contributed by atoms with Crippen molar-refractivity contribution in [3.05, 3.63) is 28.8 Å². The molecule has 0 heterocycles. The van der Waals surface area contributed by atoms with Crippen molar-refractivity contribution >= 4 is 17.5 Å². The molecule has 1 amide bonds. The molecule has 2 N–H and O–H groups in total. The van der Waals surface area contributed by atoms with E-state index in [4.69, 9.17) is 11.6 Å². The number of phenols is 1. The lowest BCUT2D eigenvalue weighted by Gasteiger charge is -2.11. The quantitative estimate of drug-likeness (QED) is 0.873. The highest BCUT2D eigenvalue weighted by molar-refractivity contribution is 6.33. The van der Waals surface area contributed by atoms with Crippen molar-refractivity contribution < 1.29 is 9.90 Å². The highest BCUT2D eigenvalue weighted by atomic mass is 35.5. The van der Waals surface area contributed by atoms with Gasteiger partial charge in [0.2, 0.25) is 0 Å². The molecule has 2 bridgehead atoms. The van der Waals surface area contributed by atoms with E-state index < -0.39 is 0 Å². The summed E-state index contributed by atoms with van der Waals surface area (Å²) >= 11 is 6.01. The number of hydrogen-bond donors (Lipinski definition) is 2. The zero-order valence-corrected chi connectivity index (χ0v) is 11.2. The summed E-state index contributed by atoms with van der Waals surface area (Å²) < 4.78 is 0. The van der Waals surface area contributed by atoms with Crippen LogP contribution in [0.5, 0.6) is 5.75 Å². The molecule has 4 heteroatoms. The maximum atomic E-state index is 12.2. The zero-order valence-electron chi connectivity index (χ0n) is 10.5. The molecule has 0 spiro atoms. The van der Waals surface area contributed by atoms with E-state index >= 15 is 0 Å². The van der Waals surface area contributed by atoms with Crippen LogP contribution in [0.2, 0.25) is 5.02 Å². The van der Waals surface area contributed by atoms with E-state index in [2.05, 4.69) is 5.32 Å². The molecule has 100 valence electrons. The van der Waals surface area contributed by atoms with E-state index in [0.29, 0.717) is 28.5 Å². The Balaban J connectivity index is 1.50. The molecular formula is C15H16ClNO2. The minimum Gasteiger partial charge on any atom is -0.508 e. The fraction of sp³-hybridized carbons (Fsp3) is 0.533. The SMILES string of the molecule is O=C(NC1C2C3CCC(C3)C12)c1cc(O)ccc1Cl. The molecule has 3 aliphatic carbocycles. The van der Waals surface area contributed by atoms with Gasteiger partial charge in [-0.15, -0.1) is 0 Å². The van der Waals surface area contributed by atoms with Crippen LogP contribution in [0.1, 0.15) is 29.6 Å². The molecule has 3 saturated carbocycles. The maximum absolute atomic E-state index is 12.2. The van der Waals surface area contributed by atoms with Crippen molar-refractivity contribution in [3.63, 3.8) is 0 Å². The summed E-state index contributed by atoms with van der Waals surface area (Å²) in [6.45, 7) is 0. The highest BCUT2D eigenvalue weighted by Crippen LogP contribution is 2.65. The molecule has 0 aromatic heterocycles. The number of hydrogen-bond acceptors (Lipinski definition) is 2. The third kappa shape index (κ3) is 1.68. The molecule has 0 aliphatic heterocycles. The second-order valence-corrected chi connectivity index (χ2v) is 6.56. The number of fused-ring (bicyclic) bond motifs is 5. The molecule has 4 atom stereocenters. The predicted molar refractivity (Wildman–Crippen MR) is 72.2 cm³/mol. The summed E-state index contributed by atoms with van der Waals surface area (Å²) in [4.78, 5) is 12.2. The number of carbonyl (C=O) groups is 1. The maximum Gasteiger partial charge on any atom is 0.253 e. The van der Waals surface area contributed by atoms with Crippen molar-refractivity contribution in [1.82, 2.24) is 5.32 Å². The molecule has 3 nitrogen and oxygen atoms in total. The van der Waals surface area contributed by atoms with Crippen LogP contribution in [0.25, 0.3) is 0 Å². The van der Waals surface area contributed by atoms with Crippen LogP contribution < -0.4 is 5.32 Å². The fourth-order valence-corrected chi connectivity index (χ4v) is 4.64. The number of rotatable bonds is 2. The summed E-state index contributed by atoms with van der Waals surface area (Å²) in [6.07, 6.45) is 4.05. The van der Waals surface area contributed by atoms with E-state index in [0.717, 1.165) is 11.8 Å². The largest absolute Gasteiger partial charge is 0.508 e. The third-order valence-electron chi connectivity index (χ3n) is 5.23. The summed E-state index contributed by atoms with van der Waals surface area (Å²) in [5, 5.41) is 13.0. The van der Waals surface area contributed by atoms with Gasteiger partial charge in [-0.25, -0.2) is 0 Å². The summed E-state index contributed by atoms with van der Waals surface area (Å²) in [7, 11) is 0. The Bertz CT molecular complexity index is 543. The molecule has 0 radical (unpaired) electrons. The van der Waals surface area contributed by atoms with Gasteiger partial charge in [-0.1, -0.05) is 11.6 Å². The van der Waals surface area contributed by atoms with Gasteiger partial charge in [0, 0.05) is 6.04 Å². The molecule has 1 aromatic rings. The summed E-state index contributed by atoms with van der Waals surface area (Å²) in [6, 6.07) is 4.83. The minimum atomic E-state index is -0.153. The van der Waals surface area contributed by atoms with Crippen LogP contribution in [0.4, 0.5) is 0 Å². The number of amides is 1. The second kappa shape index (κ2) is 3.89. The molecule has 1 aromatic carbocycles. The van der Waals surface area contributed by atoms with Crippen LogP contribution in [0, 0.1) is 23.7 Å². The van der Waals surface area contributed by atoms with E-state index in [-0.39, 0.29) is 11.7 Å². The van der Waals surface area contributed by atoms with Crippen molar-refractivity contribution in [2.45, 2.75) is 25.3 Å². The number of phenolic OH excluding ortho intramolecular Hbond substituents is 1. The Labute approximate surface area is 117 Å². The molecule has 0 saturated heterocycles. The van der Waals surface area contributed by atoms with Gasteiger partial charge in [0.15, 0.2) is 0 Å². The highest BCUT2D eigenvalue weighted by Gasteiger charge is 2.65. The number of carbonyl (C=O) groups excluding carboxylic acids is 1. The normalized spacial score (nSPS) is 38.1. The van der Waals surface area contributed by atoms with Gasteiger partial charge in [-0.2, -0.15) is 0 Å². The second-order valence-electron chi connectivity index (χ2n) is 6.15. The first-order valence-electron chi connectivity index (χ1n) is 6.94. The van der Waals surface area contributed by atoms with Crippen LogP contribution in [0.15, 0.2) is 18.2 Å². The lowest BCUT2D eigenvalue weighted by Crippen LogP contribution is -2.30. The number of nitrogens with one attached hydrogen (secondary N) is 1. The summed E-state index contributed by atoms with van der Waals surface area (Å²) in [5.74, 6) is 3.00. The van der Waals surface area contributed by atoms with Crippen molar-refractivity contribution in [2.75, 3.05) is 0 Å². The molecule has 4 rings (SSSR count). The first-order chi connectivity index (χ1) is 9.15. The molecular weight excluding hydrogens is 262 g/mol. The number of benzene rings is 1. The smallest absolute Gasteiger partial charge is 0.253 e. The Kier molecular flexibility index (Phi) is 2.37. The van der Waals surface area contributed by atoms with Crippen molar-refractivity contribution in [3.8, 4) is 5.75 Å². The third-order valence-corrected chi connectivity index (χ3v) is 5.56. The van der Waals surface area contributed by atoms with Crippen LogP contribution in [-0.4, -0.2) is 17.1 Å².